The van der Waals surface area contributed by atoms with E-state index in [9.17, 15) is 9.18 Å². The highest BCUT2D eigenvalue weighted by Crippen LogP contribution is 2.48. The molecule has 0 bridgehead atoms. The molecular weight excluding hydrogens is 489 g/mol. The molecular formula is C26H21ClFN3O5. The molecule has 0 saturated heterocycles. The Labute approximate surface area is 210 Å². The first-order valence-corrected chi connectivity index (χ1v) is 11.4. The maximum atomic E-state index is 15.0. The van der Waals surface area contributed by atoms with Crippen molar-refractivity contribution in [1.82, 2.24) is 4.98 Å². The van der Waals surface area contributed by atoms with Gasteiger partial charge in [0.2, 0.25) is 5.75 Å². The van der Waals surface area contributed by atoms with E-state index in [0.29, 0.717) is 57.8 Å². The predicted molar refractivity (Wildman–Crippen MR) is 135 cm³/mol. The van der Waals surface area contributed by atoms with Crippen molar-refractivity contribution in [3.8, 4) is 28.7 Å². The highest BCUT2D eigenvalue weighted by molar-refractivity contribution is 6.31. The van der Waals surface area contributed by atoms with Crippen molar-refractivity contribution >= 4 is 39.9 Å². The number of amides is 2. The number of nitrogens with one attached hydrogen (secondary N) is 2. The fraction of sp³-hybridized carbons (Fsp3) is 0.154. The van der Waals surface area contributed by atoms with Crippen molar-refractivity contribution < 1.29 is 28.1 Å². The van der Waals surface area contributed by atoms with Gasteiger partial charge >= 0.3 is 6.03 Å². The number of aryl methyl sites for hydroxylation is 1. The maximum Gasteiger partial charge on any atom is 0.323 e. The number of methoxy groups -OCH3 is 1. The number of hydrogen-bond acceptors (Lipinski definition) is 6. The van der Waals surface area contributed by atoms with E-state index in [1.54, 1.807) is 36.5 Å². The molecule has 184 valence electrons. The molecule has 5 rings (SSSR count). The van der Waals surface area contributed by atoms with Crippen molar-refractivity contribution in [3.05, 3.63) is 71.1 Å². The minimum atomic E-state index is -0.667. The first kappa shape index (κ1) is 23.5. The third-order valence-electron chi connectivity index (χ3n) is 5.49. The smallest absolute Gasteiger partial charge is 0.323 e. The second kappa shape index (κ2) is 9.79. The first-order valence-electron chi connectivity index (χ1n) is 11.0. The average Bonchev–Trinajstić information content (AvgIpc) is 2.87. The molecule has 0 saturated carbocycles. The number of anilines is 2. The highest BCUT2D eigenvalue weighted by atomic mass is 35.5. The summed E-state index contributed by atoms with van der Waals surface area (Å²) in [4.78, 5) is 16.7. The molecule has 0 radical (unpaired) electrons. The number of carbonyl (C=O) groups excluding carboxylic acids is 1. The second-order valence-electron chi connectivity index (χ2n) is 7.93. The van der Waals surface area contributed by atoms with Crippen LogP contribution < -0.4 is 29.6 Å². The van der Waals surface area contributed by atoms with Gasteiger partial charge in [-0.3, -0.25) is 4.98 Å². The van der Waals surface area contributed by atoms with Crippen LogP contribution in [0.1, 0.15) is 5.56 Å². The van der Waals surface area contributed by atoms with Gasteiger partial charge < -0.3 is 29.6 Å². The third kappa shape index (κ3) is 4.65. The van der Waals surface area contributed by atoms with E-state index >= 15 is 0 Å². The number of nitrogens with zero attached hydrogens (tertiary/aromatic N) is 1. The lowest BCUT2D eigenvalue weighted by Crippen LogP contribution is -2.19. The van der Waals surface area contributed by atoms with E-state index in [1.807, 2.05) is 6.92 Å². The molecule has 4 aromatic rings. The third-order valence-corrected chi connectivity index (χ3v) is 5.91. The van der Waals surface area contributed by atoms with Gasteiger partial charge in [-0.1, -0.05) is 11.6 Å². The predicted octanol–water partition coefficient (Wildman–Crippen LogP) is 6.55. The number of hydrogen-bond donors (Lipinski definition) is 2. The Hall–Kier alpha value is -4.24. The van der Waals surface area contributed by atoms with Crippen LogP contribution in [0.3, 0.4) is 0 Å². The van der Waals surface area contributed by atoms with E-state index < -0.39 is 11.8 Å². The molecule has 2 N–H and O–H groups in total. The van der Waals surface area contributed by atoms with Gasteiger partial charge in [0.1, 0.15) is 19.0 Å². The zero-order valence-corrected chi connectivity index (χ0v) is 20.1. The fourth-order valence-electron chi connectivity index (χ4n) is 3.81. The van der Waals surface area contributed by atoms with Gasteiger partial charge in [-0.25, -0.2) is 9.18 Å². The Morgan fingerprint density at radius 2 is 1.69 bits per heavy atom. The first-order chi connectivity index (χ1) is 17.4. The lowest BCUT2D eigenvalue weighted by atomic mass is 10.1. The van der Waals surface area contributed by atoms with Crippen LogP contribution in [0.25, 0.3) is 10.9 Å². The zero-order chi connectivity index (χ0) is 25.2. The summed E-state index contributed by atoms with van der Waals surface area (Å²) in [5, 5.41) is 6.42. The normalized spacial score (nSPS) is 12.2. The second-order valence-corrected chi connectivity index (χ2v) is 8.33. The van der Waals surface area contributed by atoms with E-state index in [1.165, 1.54) is 25.3 Å². The number of carbonyl (C=O) groups is 1. The van der Waals surface area contributed by atoms with Crippen LogP contribution in [-0.4, -0.2) is 31.3 Å². The molecule has 0 fully saturated rings. The van der Waals surface area contributed by atoms with Crippen LogP contribution in [0.15, 0.2) is 54.7 Å². The van der Waals surface area contributed by atoms with Gasteiger partial charge in [0, 0.05) is 34.7 Å². The van der Waals surface area contributed by atoms with Gasteiger partial charge in [0.05, 0.1) is 18.0 Å². The van der Waals surface area contributed by atoms with E-state index in [2.05, 4.69) is 15.6 Å². The SMILES string of the molecule is COc1cc2nccc(Oc3ccc(NC(=O)Nc4ccc(Cl)c(C)c4)cc3F)c2c2c1OCCO2. The average molecular weight is 510 g/mol. The van der Waals surface area contributed by atoms with Crippen LogP contribution in [0.2, 0.25) is 5.02 Å². The Bertz CT molecular complexity index is 1480. The van der Waals surface area contributed by atoms with E-state index in [-0.39, 0.29) is 11.4 Å². The Morgan fingerprint density at radius 1 is 0.972 bits per heavy atom. The number of urea groups is 1. The molecule has 0 aliphatic carbocycles. The zero-order valence-electron chi connectivity index (χ0n) is 19.4. The van der Waals surface area contributed by atoms with Gasteiger partial charge in [0.25, 0.3) is 0 Å². The summed E-state index contributed by atoms with van der Waals surface area (Å²) in [6, 6.07) is 12.0. The summed E-state index contributed by atoms with van der Waals surface area (Å²) in [6.45, 7) is 2.55. The molecule has 1 aliphatic heterocycles. The van der Waals surface area contributed by atoms with Crippen molar-refractivity contribution in [2.45, 2.75) is 6.92 Å². The van der Waals surface area contributed by atoms with Gasteiger partial charge in [-0.2, -0.15) is 0 Å². The number of rotatable bonds is 5. The van der Waals surface area contributed by atoms with Gasteiger partial charge in [0.15, 0.2) is 23.1 Å². The number of ether oxygens (including phenoxy) is 4. The van der Waals surface area contributed by atoms with Crippen molar-refractivity contribution in [2.24, 2.45) is 0 Å². The molecule has 8 nitrogen and oxygen atoms in total. The Balaban J connectivity index is 1.38. The molecule has 0 unspecified atom stereocenters. The summed E-state index contributed by atoms with van der Waals surface area (Å²) in [6.07, 6.45) is 1.55. The topological polar surface area (TPSA) is 90.9 Å². The quantitative estimate of drug-likeness (QED) is 0.317. The van der Waals surface area contributed by atoms with Crippen molar-refractivity contribution in [1.29, 1.82) is 0 Å². The summed E-state index contributed by atoms with van der Waals surface area (Å²) in [5.41, 5.74) is 2.18. The standard InChI is InChI=1S/C26H21ClFN3O5/c1-14-11-15(3-5-17(14)27)30-26(32)31-16-4-6-20(18(28)12-16)36-21-7-8-29-19-13-22(33-2)24-25(23(19)21)35-10-9-34-24/h3-8,11-13H,9-10H2,1-2H3,(H2,30,31,32). The molecule has 1 aromatic heterocycles. The highest BCUT2D eigenvalue weighted by Gasteiger charge is 2.24. The van der Waals surface area contributed by atoms with Crippen LogP contribution in [0, 0.1) is 12.7 Å². The molecule has 0 spiro atoms. The van der Waals surface area contributed by atoms with E-state index in [4.69, 9.17) is 30.5 Å². The maximum absolute atomic E-state index is 15.0. The molecule has 1 aliphatic rings. The number of aromatic nitrogens is 1. The summed E-state index contributed by atoms with van der Waals surface area (Å²) >= 11 is 6.01. The van der Waals surface area contributed by atoms with Crippen LogP contribution in [0.5, 0.6) is 28.7 Å². The lowest BCUT2D eigenvalue weighted by Gasteiger charge is -2.23. The largest absolute Gasteiger partial charge is 0.493 e. The fourth-order valence-corrected chi connectivity index (χ4v) is 3.92. The minimum Gasteiger partial charge on any atom is -0.493 e. The minimum absolute atomic E-state index is 0.0388. The Kier molecular flexibility index (Phi) is 6.39. The lowest BCUT2D eigenvalue weighted by molar-refractivity contribution is 0.167. The molecule has 3 aromatic carbocycles. The summed E-state index contributed by atoms with van der Waals surface area (Å²) in [5.74, 6) is 0.973. The monoisotopic (exact) mass is 509 g/mol. The summed E-state index contributed by atoms with van der Waals surface area (Å²) in [7, 11) is 1.53. The van der Waals surface area contributed by atoms with Crippen LogP contribution in [-0.2, 0) is 0 Å². The number of pyridine rings is 1. The molecule has 0 atom stereocenters. The molecule has 36 heavy (non-hydrogen) atoms. The van der Waals surface area contributed by atoms with Crippen molar-refractivity contribution in [3.63, 3.8) is 0 Å². The molecule has 10 heteroatoms. The summed E-state index contributed by atoms with van der Waals surface area (Å²) < 4.78 is 37.8. The molecule has 2 heterocycles. The number of benzene rings is 3. The van der Waals surface area contributed by atoms with E-state index in [0.717, 1.165) is 5.56 Å². The number of fused-ring (bicyclic) bond motifs is 3. The van der Waals surface area contributed by atoms with Crippen molar-refractivity contribution in [2.75, 3.05) is 31.0 Å². The Morgan fingerprint density at radius 3 is 2.42 bits per heavy atom. The van der Waals surface area contributed by atoms with Crippen LogP contribution in [0.4, 0.5) is 20.6 Å². The number of halogens is 2. The van der Waals surface area contributed by atoms with Gasteiger partial charge in [-0.05, 0) is 48.9 Å². The van der Waals surface area contributed by atoms with Crippen LogP contribution >= 0.6 is 11.6 Å². The molecule has 2 amide bonds. The van der Waals surface area contributed by atoms with Gasteiger partial charge in [-0.15, -0.1) is 0 Å².